The molecule has 0 aromatic heterocycles. The summed E-state index contributed by atoms with van der Waals surface area (Å²) in [6, 6.07) is 18.9. The van der Waals surface area contributed by atoms with E-state index in [1.54, 1.807) is 30.3 Å². The summed E-state index contributed by atoms with van der Waals surface area (Å²) in [5, 5.41) is 3.02. The molecule has 140 valence electrons. The lowest BCUT2D eigenvalue weighted by molar-refractivity contribution is -0.141. The summed E-state index contributed by atoms with van der Waals surface area (Å²) in [4.78, 5) is 26.0. The van der Waals surface area contributed by atoms with Gasteiger partial charge >= 0.3 is 5.97 Å². The third-order valence-corrected chi connectivity index (χ3v) is 5.22. The topological polar surface area (TPSA) is 55.4 Å². The molecule has 0 radical (unpaired) electrons. The Morgan fingerprint density at radius 2 is 1.68 bits per heavy atom. The smallest absolute Gasteiger partial charge is 0.338 e. The number of carbonyl (C=O) groups excluding carboxylic acids is 2. The van der Waals surface area contributed by atoms with Gasteiger partial charge in [-0.2, -0.15) is 0 Å². The Balaban J connectivity index is 1.68. The average molecular weight is 371 g/mol. The molecule has 2 aliphatic rings. The molecule has 1 heterocycles. The molecule has 4 nitrogen and oxygen atoms in total. The minimum absolute atomic E-state index is 0.280. The van der Waals surface area contributed by atoms with E-state index < -0.39 is 11.5 Å². The van der Waals surface area contributed by atoms with E-state index in [0.29, 0.717) is 24.2 Å². The second kappa shape index (κ2) is 7.69. The van der Waals surface area contributed by atoms with E-state index in [-0.39, 0.29) is 11.8 Å². The molecule has 0 unspecified atom stereocenters. The summed E-state index contributed by atoms with van der Waals surface area (Å²) in [7, 11) is 0. The summed E-state index contributed by atoms with van der Waals surface area (Å²) < 4.78 is 5.59. The van der Waals surface area contributed by atoms with Crippen LogP contribution in [0.3, 0.4) is 0 Å². The normalized spacial score (nSPS) is 22.8. The van der Waals surface area contributed by atoms with Crippen molar-refractivity contribution in [3.05, 3.63) is 108 Å². The van der Waals surface area contributed by atoms with Gasteiger partial charge in [-0.25, -0.2) is 4.79 Å². The van der Waals surface area contributed by atoms with Crippen molar-refractivity contribution in [1.29, 1.82) is 0 Å². The number of fused-ring (bicyclic) bond motifs is 1. The highest BCUT2D eigenvalue weighted by atomic mass is 16.5. The quantitative estimate of drug-likeness (QED) is 0.809. The van der Waals surface area contributed by atoms with E-state index in [0.717, 1.165) is 5.56 Å². The number of esters is 1. The molecule has 4 heteroatoms. The number of ether oxygens (including phenoxy) is 1. The fourth-order valence-electron chi connectivity index (χ4n) is 3.72. The van der Waals surface area contributed by atoms with Gasteiger partial charge in [0.25, 0.3) is 5.91 Å². The van der Waals surface area contributed by atoms with Crippen LogP contribution in [0.2, 0.25) is 0 Å². The molecule has 1 aliphatic carbocycles. The minimum atomic E-state index is -1.14. The summed E-state index contributed by atoms with van der Waals surface area (Å²) in [5.74, 6) is -0.468. The first-order valence-electron chi connectivity index (χ1n) is 9.38. The van der Waals surface area contributed by atoms with Crippen LogP contribution in [0.1, 0.15) is 22.3 Å². The maximum atomic E-state index is 13.0. The van der Waals surface area contributed by atoms with E-state index >= 15 is 0 Å². The number of carbonyl (C=O) groups is 2. The first-order chi connectivity index (χ1) is 13.7. The molecule has 2 aromatic rings. The number of nitrogens with one attached hydrogen (secondary N) is 1. The lowest BCUT2D eigenvalue weighted by Gasteiger charge is -2.30. The van der Waals surface area contributed by atoms with Crippen LogP contribution in [0.25, 0.3) is 0 Å². The number of hydrogen-bond donors (Lipinski definition) is 1. The van der Waals surface area contributed by atoms with Gasteiger partial charge in [-0.1, -0.05) is 72.8 Å². The Labute approximate surface area is 164 Å². The van der Waals surface area contributed by atoms with Crippen LogP contribution in [0.4, 0.5) is 0 Å². The van der Waals surface area contributed by atoms with Crippen LogP contribution in [0.5, 0.6) is 0 Å². The number of allylic oxidation sites excluding steroid dienone is 4. The first kappa shape index (κ1) is 18.0. The van der Waals surface area contributed by atoms with Crippen LogP contribution in [-0.4, -0.2) is 17.4 Å². The van der Waals surface area contributed by atoms with Gasteiger partial charge in [0.05, 0.1) is 5.92 Å². The molecule has 1 N–H and O–H groups in total. The van der Waals surface area contributed by atoms with Crippen molar-refractivity contribution >= 4 is 11.9 Å². The molecular formula is C24H21NO3. The summed E-state index contributed by atoms with van der Waals surface area (Å²) >= 11 is 0. The zero-order chi connectivity index (χ0) is 19.4. The Hall–Kier alpha value is -3.40. The zero-order valence-corrected chi connectivity index (χ0v) is 15.4. The fraction of sp³-hybridized carbons (Fsp3) is 0.167. The molecule has 28 heavy (non-hydrogen) atoms. The molecular weight excluding hydrogens is 350 g/mol. The van der Waals surface area contributed by atoms with Crippen LogP contribution in [0.15, 0.2) is 96.8 Å². The van der Waals surface area contributed by atoms with Gasteiger partial charge in [0.1, 0.15) is 5.76 Å². The van der Waals surface area contributed by atoms with Crippen molar-refractivity contribution in [1.82, 2.24) is 5.32 Å². The van der Waals surface area contributed by atoms with Gasteiger partial charge in [-0.05, 0) is 36.6 Å². The van der Waals surface area contributed by atoms with Crippen LogP contribution in [0, 0.1) is 5.92 Å². The second-order valence-electron chi connectivity index (χ2n) is 6.98. The largest absolute Gasteiger partial charge is 0.429 e. The molecule has 1 amide bonds. The van der Waals surface area contributed by atoms with Gasteiger partial charge in [-0.15, -0.1) is 0 Å². The van der Waals surface area contributed by atoms with Crippen molar-refractivity contribution < 1.29 is 14.3 Å². The number of benzene rings is 2. The number of rotatable bonds is 5. The number of aryl methyl sites for hydroxylation is 1. The molecule has 0 saturated carbocycles. The number of hydrogen-bond acceptors (Lipinski definition) is 3. The van der Waals surface area contributed by atoms with Gasteiger partial charge in [0, 0.05) is 5.56 Å². The molecule has 1 fully saturated rings. The molecule has 1 aliphatic heterocycles. The van der Waals surface area contributed by atoms with Crippen LogP contribution < -0.4 is 5.32 Å². The third-order valence-electron chi connectivity index (χ3n) is 5.22. The first-order valence-corrected chi connectivity index (χ1v) is 9.38. The Morgan fingerprint density at radius 3 is 2.43 bits per heavy atom. The highest BCUT2D eigenvalue weighted by Gasteiger charge is 2.55. The predicted octanol–water partition coefficient (Wildman–Crippen LogP) is 3.97. The van der Waals surface area contributed by atoms with Gasteiger partial charge < -0.3 is 10.1 Å². The monoisotopic (exact) mass is 371 g/mol. The summed E-state index contributed by atoms with van der Waals surface area (Å²) in [5.41, 5.74) is 0.483. The van der Waals surface area contributed by atoms with Crippen molar-refractivity contribution in [3.8, 4) is 0 Å². The third kappa shape index (κ3) is 3.41. The van der Waals surface area contributed by atoms with Crippen molar-refractivity contribution in [2.75, 3.05) is 0 Å². The SMILES string of the molecule is O=C(N[C@]1(CCc2ccccc2)C(=O)OC2=CC=CC=C[C@H]21)c1ccccc1. The van der Waals surface area contributed by atoms with Gasteiger partial charge in [0.2, 0.25) is 0 Å². The molecule has 2 aromatic carbocycles. The predicted molar refractivity (Wildman–Crippen MR) is 107 cm³/mol. The molecule has 2 atom stereocenters. The van der Waals surface area contributed by atoms with E-state index in [4.69, 9.17) is 4.74 Å². The zero-order valence-electron chi connectivity index (χ0n) is 15.4. The van der Waals surface area contributed by atoms with Gasteiger partial charge in [0.15, 0.2) is 5.54 Å². The second-order valence-corrected chi connectivity index (χ2v) is 6.98. The average Bonchev–Trinajstić information content (AvgIpc) is 2.88. The molecule has 0 bridgehead atoms. The molecule has 0 spiro atoms. The van der Waals surface area contributed by atoms with E-state index in [9.17, 15) is 9.59 Å². The van der Waals surface area contributed by atoms with E-state index in [1.807, 2.05) is 60.7 Å². The van der Waals surface area contributed by atoms with Crippen molar-refractivity contribution in [3.63, 3.8) is 0 Å². The van der Waals surface area contributed by atoms with E-state index in [1.165, 1.54) is 0 Å². The maximum Gasteiger partial charge on any atom is 0.338 e. The maximum absolute atomic E-state index is 13.0. The lowest BCUT2D eigenvalue weighted by atomic mass is 9.79. The molecule has 4 rings (SSSR count). The summed E-state index contributed by atoms with van der Waals surface area (Å²) in [6.07, 6.45) is 10.4. The van der Waals surface area contributed by atoms with Crippen molar-refractivity contribution in [2.45, 2.75) is 18.4 Å². The van der Waals surface area contributed by atoms with E-state index in [2.05, 4.69) is 5.32 Å². The fourth-order valence-corrected chi connectivity index (χ4v) is 3.72. The highest BCUT2D eigenvalue weighted by Crippen LogP contribution is 2.40. The highest BCUT2D eigenvalue weighted by molar-refractivity contribution is 5.99. The molecule has 1 saturated heterocycles. The minimum Gasteiger partial charge on any atom is -0.429 e. The van der Waals surface area contributed by atoms with Crippen molar-refractivity contribution in [2.24, 2.45) is 5.92 Å². The summed E-state index contributed by atoms with van der Waals surface area (Å²) in [6.45, 7) is 0. The standard InChI is InChI=1S/C24H21NO3/c26-22(19-12-6-2-7-13-19)25-24(17-16-18-10-4-1-5-11-18)20-14-8-3-9-15-21(20)28-23(24)27/h1-15,20H,16-17H2,(H,25,26)/t20-,24+/m1/s1. The Bertz CT molecular complexity index is 960. The number of amides is 1. The van der Waals surface area contributed by atoms with Crippen LogP contribution >= 0.6 is 0 Å². The van der Waals surface area contributed by atoms with Gasteiger partial charge in [-0.3, -0.25) is 4.79 Å². The lowest BCUT2D eigenvalue weighted by Crippen LogP contribution is -2.56. The Morgan fingerprint density at radius 1 is 0.964 bits per heavy atom. The Kier molecular flexibility index (Phi) is 4.94. The van der Waals surface area contributed by atoms with Crippen LogP contribution in [-0.2, 0) is 16.0 Å².